The second-order valence-corrected chi connectivity index (χ2v) is 8.97. The van der Waals surface area contributed by atoms with Gasteiger partial charge in [0, 0.05) is 38.3 Å². The minimum absolute atomic E-state index is 0.0870. The second kappa shape index (κ2) is 10.5. The highest BCUT2D eigenvalue weighted by Crippen LogP contribution is 2.41. The van der Waals surface area contributed by atoms with Crippen LogP contribution in [-0.2, 0) is 4.79 Å². The molecule has 0 bridgehead atoms. The number of carbonyl (C=O) groups is 1. The van der Waals surface area contributed by atoms with Gasteiger partial charge in [-0.3, -0.25) is 14.8 Å². The van der Waals surface area contributed by atoms with Crippen molar-refractivity contribution in [2.45, 2.75) is 45.6 Å². The summed E-state index contributed by atoms with van der Waals surface area (Å²) in [6.07, 6.45) is 5.52. The number of anilines is 1. The van der Waals surface area contributed by atoms with E-state index in [2.05, 4.69) is 51.9 Å². The minimum Gasteiger partial charge on any atom is -0.367 e. The molecule has 1 N–H and O–H groups in total. The summed E-state index contributed by atoms with van der Waals surface area (Å²) in [6, 6.07) is 5.99. The Labute approximate surface area is 185 Å². The lowest BCUT2D eigenvalue weighted by Gasteiger charge is -2.39. The predicted octanol–water partition coefficient (Wildman–Crippen LogP) is 3.68. The number of nitriles is 1. The van der Waals surface area contributed by atoms with Crippen molar-refractivity contribution in [2.75, 3.05) is 38.1 Å². The van der Waals surface area contributed by atoms with Crippen LogP contribution in [0.5, 0.6) is 0 Å². The molecule has 7 nitrogen and oxygen atoms in total. The molecular weight excluding hydrogens is 388 g/mol. The number of likely N-dealkylation sites (tertiary alicyclic amines) is 1. The molecule has 0 radical (unpaired) electrons. The van der Waals surface area contributed by atoms with E-state index in [9.17, 15) is 10.1 Å². The van der Waals surface area contributed by atoms with E-state index in [1.165, 1.54) is 6.42 Å². The molecular formula is C24H34N6O. The molecule has 3 rings (SSSR count). The summed E-state index contributed by atoms with van der Waals surface area (Å²) in [4.78, 5) is 25.9. The van der Waals surface area contributed by atoms with Crippen molar-refractivity contribution in [3.8, 4) is 6.07 Å². The number of aliphatic imine (C=N–C) groups is 2. The summed E-state index contributed by atoms with van der Waals surface area (Å²) in [6.45, 7) is 11.5. The zero-order chi connectivity index (χ0) is 22.4. The Morgan fingerprint density at radius 1 is 1.35 bits per heavy atom. The number of piperidine rings is 2. The van der Waals surface area contributed by atoms with Gasteiger partial charge >= 0.3 is 0 Å². The molecule has 3 atom stereocenters. The number of hydrogen-bond acceptors (Lipinski definition) is 6. The van der Waals surface area contributed by atoms with Crippen LogP contribution < -0.4 is 10.2 Å². The van der Waals surface area contributed by atoms with Crippen molar-refractivity contribution in [1.29, 1.82) is 5.26 Å². The molecule has 1 aromatic carbocycles. The van der Waals surface area contributed by atoms with Gasteiger partial charge in [0.2, 0.25) is 5.91 Å². The summed E-state index contributed by atoms with van der Waals surface area (Å²) in [5.41, 5.74) is 2.57. The predicted molar refractivity (Wildman–Crippen MR) is 127 cm³/mol. The van der Waals surface area contributed by atoms with Crippen molar-refractivity contribution in [1.82, 2.24) is 10.2 Å². The zero-order valence-corrected chi connectivity index (χ0v) is 19.0. The van der Waals surface area contributed by atoms with Gasteiger partial charge in [-0.15, -0.1) is 0 Å². The number of nitrogens with one attached hydrogen (secondary N) is 1. The van der Waals surface area contributed by atoms with E-state index in [-0.39, 0.29) is 11.9 Å². The van der Waals surface area contributed by atoms with E-state index >= 15 is 0 Å². The molecule has 0 saturated carbocycles. The molecule has 2 aliphatic rings. The number of rotatable bonds is 6. The lowest BCUT2D eigenvalue weighted by molar-refractivity contribution is -0.123. The molecule has 1 unspecified atom stereocenters. The molecule has 1 amide bonds. The summed E-state index contributed by atoms with van der Waals surface area (Å²) >= 11 is 0. The lowest BCUT2D eigenvalue weighted by Crippen LogP contribution is -2.51. The van der Waals surface area contributed by atoms with Gasteiger partial charge in [-0.1, -0.05) is 6.92 Å². The monoisotopic (exact) mass is 422 g/mol. The van der Waals surface area contributed by atoms with E-state index in [1.54, 1.807) is 12.3 Å². The SMILES string of the molecule is C=Nc1c(N2C[C@@H](C)C[C@@H](NC(=O)CC3CCCN(C)C3)C2)ccc(C#N)c1/N=C\C. The summed E-state index contributed by atoms with van der Waals surface area (Å²) in [5.74, 6) is 1.02. The molecule has 31 heavy (non-hydrogen) atoms. The first kappa shape index (κ1) is 23.0. The molecule has 7 heteroatoms. The van der Waals surface area contributed by atoms with Crippen LogP contribution in [0.15, 0.2) is 22.1 Å². The number of amides is 1. The first-order valence-electron chi connectivity index (χ1n) is 11.2. The molecule has 2 heterocycles. The van der Waals surface area contributed by atoms with Crippen LogP contribution in [0.3, 0.4) is 0 Å². The van der Waals surface area contributed by atoms with E-state index < -0.39 is 0 Å². The van der Waals surface area contributed by atoms with Gasteiger partial charge < -0.3 is 15.1 Å². The molecule has 2 aliphatic heterocycles. The second-order valence-electron chi connectivity index (χ2n) is 8.97. The van der Waals surface area contributed by atoms with Crippen LogP contribution >= 0.6 is 0 Å². The van der Waals surface area contributed by atoms with E-state index in [0.29, 0.717) is 41.7 Å². The molecule has 2 fully saturated rings. The van der Waals surface area contributed by atoms with Gasteiger partial charge in [0.25, 0.3) is 0 Å². The smallest absolute Gasteiger partial charge is 0.220 e. The van der Waals surface area contributed by atoms with Crippen molar-refractivity contribution in [3.63, 3.8) is 0 Å². The number of hydrogen-bond donors (Lipinski definition) is 1. The van der Waals surface area contributed by atoms with Crippen molar-refractivity contribution < 1.29 is 4.79 Å². The fourth-order valence-electron chi connectivity index (χ4n) is 4.97. The number of benzene rings is 1. The Morgan fingerprint density at radius 2 is 2.16 bits per heavy atom. The van der Waals surface area contributed by atoms with Gasteiger partial charge in [0.15, 0.2) is 0 Å². The van der Waals surface area contributed by atoms with Crippen LogP contribution in [0.25, 0.3) is 0 Å². The van der Waals surface area contributed by atoms with Crippen LogP contribution in [0.4, 0.5) is 17.1 Å². The van der Waals surface area contributed by atoms with Crippen molar-refractivity contribution >= 4 is 35.9 Å². The van der Waals surface area contributed by atoms with E-state index in [1.807, 2.05) is 13.0 Å². The third kappa shape index (κ3) is 5.71. The molecule has 0 aliphatic carbocycles. The molecule has 2 saturated heterocycles. The average Bonchev–Trinajstić information content (AvgIpc) is 2.73. The van der Waals surface area contributed by atoms with Crippen molar-refractivity contribution in [3.05, 3.63) is 17.7 Å². The molecule has 1 aromatic rings. The van der Waals surface area contributed by atoms with Gasteiger partial charge in [-0.25, -0.2) is 0 Å². The topological polar surface area (TPSA) is 84.1 Å². The maximum Gasteiger partial charge on any atom is 0.220 e. The Morgan fingerprint density at radius 3 is 2.84 bits per heavy atom. The average molecular weight is 423 g/mol. The maximum atomic E-state index is 12.8. The van der Waals surface area contributed by atoms with Gasteiger partial charge in [0.1, 0.15) is 17.4 Å². The normalized spacial score (nSPS) is 24.7. The summed E-state index contributed by atoms with van der Waals surface area (Å²) in [7, 11) is 2.13. The van der Waals surface area contributed by atoms with Crippen LogP contribution in [-0.4, -0.2) is 63.0 Å². The molecule has 0 spiro atoms. The fourth-order valence-corrected chi connectivity index (χ4v) is 4.97. The van der Waals surface area contributed by atoms with Crippen LogP contribution in [0.1, 0.15) is 45.1 Å². The van der Waals surface area contributed by atoms with Crippen molar-refractivity contribution in [2.24, 2.45) is 21.8 Å². The summed E-state index contributed by atoms with van der Waals surface area (Å²) < 4.78 is 0. The van der Waals surface area contributed by atoms with Gasteiger partial charge in [-0.05, 0) is 70.5 Å². The van der Waals surface area contributed by atoms with Gasteiger partial charge in [-0.2, -0.15) is 5.26 Å². The third-order valence-electron chi connectivity index (χ3n) is 6.23. The van der Waals surface area contributed by atoms with Crippen LogP contribution in [0, 0.1) is 23.2 Å². The molecule has 166 valence electrons. The number of carbonyl (C=O) groups excluding carboxylic acids is 1. The fraction of sp³-hybridized carbons (Fsp3) is 0.583. The maximum absolute atomic E-state index is 12.8. The Balaban J connectivity index is 1.73. The Bertz CT molecular complexity index is 874. The largest absolute Gasteiger partial charge is 0.367 e. The Hall–Kier alpha value is -2.72. The quantitative estimate of drug-likeness (QED) is 0.709. The highest BCUT2D eigenvalue weighted by Gasteiger charge is 2.29. The van der Waals surface area contributed by atoms with Gasteiger partial charge in [0.05, 0.1) is 11.3 Å². The lowest BCUT2D eigenvalue weighted by atomic mass is 9.93. The van der Waals surface area contributed by atoms with Crippen LogP contribution in [0.2, 0.25) is 0 Å². The molecule has 0 aromatic heterocycles. The first-order valence-corrected chi connectivity index (χ1v) is 11.2. The van der Waals surface area contributed by atoms with E-state index in [0.717, 1.165) is 38.2 Å². The number of nitrogens with zero attached hydrogens (tertiary/aromatic N) is 5. The third-order valence-corrected chi connectivity index (χ3v) is 6.23. The first-order chi connectivity index (χ1) is 14.9. The zero-order valence-electron chi connectivity index (χ0n) is 19.0. The highest BCUT2D eigenvalue weighted by atomic mass is 16.1. The summed E-state index contributed by atoms with van der Waals surface area (Å²) in [5, 5.41) is 12.7. The van der Waals surface area contributed by atoms with E-state index in [4.69, 9.17) is 0 Å². The Kier molecular flexibility index (Phi) is 7.80. The standard InChI is InChI=1S/C24H34N6O/c1-5-27-23-19(13-25)8-9-21(24(23)26-3)30-14-17(2)11-20(16-30)28-22(31)12-18-7-6-10-29(4)15-18/h5,8-9,17-18,20H,3,6-7,10-12,14-16H2,1-2,4H3,(H,28,31)/b27-5-/t17-,18?,20+/m0/s1. The highest BCUT2D eigenvalue weighted by molar-refractivity contribution is 5.86. The minimum atomic E-state index is 0.0870.